The molecule has 0 unspecified atom stereocenters. The van der Waals surface area contributed by atoms with Crippen molar-refractivity contribution in [1.82, 2.24) is 8.96 Å². The molecular weight excluding hydrogens is 460 g/mol. The summed E-state index contributed by atoms with van der Waals surface area (Å²) in [6, 6.07) is 15.8. The van der Waals surface area contributed by atoms with Crippen molar-refractivity contribution >= 4 is 54.0 Å². The maximum Gasteiger partial charge on any atom is 0.292 e. The number of pyridine rings is 1. The van der Waals surface area contributed by atoms with Crippen molar-refractivity contribution in [1.29, 1.82) is 0 Å². The van der Waals surface area contributed by atoms with Gasteiger partial charge >= 0.3 is 0 Å². The van der Waals surface area contributed by atoms with Gasteiger partial charge in [0.05, 0.1) is 15.5 Å². The number of nitrogens with zero attached hydrogens (tertiary/aromatic N) is 3. The fourth-order valence-electron chi connectivity index (χ4n) is 2.94. The van der Waals surface area contributed by atoms with E-state index in [2.05, 4.69) is 26.2 Å². The van der Waals surface area contributed by atoms with E-state index in [-0.39, 0.29) is 21.9 Å². The minimum atomic E-state index is -3.83. The number of fused-ring (bicyclic) bond motifs is 1. The predicted molar refractivity (Wildman–Crippen MR) is 113 cm³/mol. The van der Waals surface area contributed by atoms with Gasteiger partial charge in [0, 0.05) is 28.3 Å². The Morgan fingerprint density at radius 2 is 1.79 bits per heavy atom. The second kappa shape index (κ2) is 7.30. The van der Waals surface area contributed by atoms with E-state index in [9.17, 15) is 18.5 Å². The Labute approximate surface area is 174 Å². The first-order valence-corrected chi connectivity index (χ1v) is 10.6. The van der Waals surface area contributed by atoms with Gasteiger partial charge in [-0.1, -0.05) is 34.1 Å². The number of hydrogen-bond donors (Lipinski definition) is 1. The zero-order valence-corrected chi connectivity index (χ0v) is 17.1. The molecule has 0 bridgehead atoms. The number of nitro groups is 1. The molecule has 1 N–H and O–H groups in total. The average molecular weight is 473 g/mol. The molecule has 0 aliphatic rings. The first kappa shape index (κ1) is 19.1. The SMILES string of the molecule is O=[N+]([O-])c1ccc(Br)cc1Nc1ccnc2c1ccn2S(=O)(=O)c1ccccc1. The van der Waals surface area contributed by atoms with Crippen molar-refractivity contribution < 1.29 is 13.3 Å². The van der Waals surface area contributed by atoms with Crippen molar-refractivity contribution in [3.63, 3.8) is 0 Å². The zero-order valence-electron chi connectivity index (χ0n) is 14.7. The summed E-state index contributed by atoms with van der Waals surface area (Å²) in [5.41, 5.74) is 0.889. The number of nitro benzene ring substituents is 1. The van der Waals surface area contributed by atoms with Gasteiger partial charge in [0.25, 0.3) is 15.7 Å². The van der Waals surface area contributed by atoms with Crippen molar-refractivity contribution in [3.8, 4) is 0 Å². The predicted octanol–water partition coefficient (Wildman–Crippen LogP) is 4.69. The highest BCUT2D eigenvalue weighted by molar-refractivity contribution is 9.10. The van der Waals surface area contributed by atoms with Crippen LogP contribution in [0.15, 0.2) is 82.4 Å². The van der Waals surface area contributed by atoms with Crippen LogP contribution in [0.1, 0.15) is 0 Å². The van der Waals surface area contributed by atoms with Crippen LogP contribution in [0.4, 0.5) is 17.1 Å². The Balaban J connectivity index is 1.83. The zero-order chi connectivity index (χ0) is 20.6. The number of benzene rings is 2. The normalized spacial score (nSPS) is 11.5. The van der Waals surface area contributed by atoms with Gasteiger partial charge in [-0.05, 0) is 36.4 Å². The van der Waals surface area contributed by atoms with Gasteiger partial charge < -0.3 is 5.32 Å². The Morgan fingerprint density at radius 1 is 1.03 bits per heavy atom. The summed E-state index contributed by atoms with van der Waals surface area (Å²) in [5, 5.41) is 14.9. The van der Waals surface area contributed by atoms with Crippen molar-refractivity contribution in [2.75, 3.05) is 5.32 Å². The molecule has 0 radical (unpaired) electrons. The maximum absolute atomic E-state index is 13.0. The summed E-state index contributed by atoms with van der Waals surface area (Å²) in [6.45, 7) is 0. The number of anilines is 2. The Hall–Kier alpha value is -3.24. The molecule has 0 spiro atoms. The molecule has 29 heavy (non-hydrogen) atoms. The molecule has 10 heteroatoms. The highest BCUT2D eigenvalue weighted by Gasteiger charge is 2.21. The first-order valence-electron chi connectivity index (χ1n) is 8.35. The van der Waals surface area contributed by atoms with Crippen molar-refractivity contribution in [2.24, 2.45) is 0 Å². The van der Waals surface area contributed by atoms with Gasteiger partial charge in [0.1, 0.15) is 5.69 Å². The number of hydrogen-bond acceptors (Lipinski definition) is 6. The van der Waals surface area contributed by atoms with Crippen molar-refractivity contribution in [2.45, 2.75) is 4.90 Å². The van der Waals surface area contributed by atoms with Gasteiger partial charge in [0.15, 0.2) is 5.65 Å². The summed E-state index contributed by atoms with van der Waals surface area (Å²) >= 11 is 3.31. The molecule has 2 aromatic carbocycles. The topological polar surface area (TPSA) is 107 Å². The minimum Gasteiger partial charge on any atom is -0.349 e. The van der Waals surface area contributed by atoms with Crippen LogP contribution in [0.5, 0.6) is 0 Å². The molecule has 0 atom stereocenters. The van der Waals surface area contributed by atoms with E-state index in [4.69, 9.17) is 0 Å². The molecule has 0 aliphatic carbocycles. The first-order chi connectivity index (χ1) is 13.9. The lowest BCUT2D eigenvalue weighted by Crippen LogP contribution is -2.12. The van der Waals surface area contributed by atoms with E-state index in [0.717, 1.165) is 3.97 Å². The third-order valence-corrected chi connectivity index (χ3v) is 6.45. The van der Waals surface area contributed by atoms with Crippen LogP contribution in [0.2, 0.25) is 0 Å². The van der Waals surface area contributed by atoms with E-state index >= 15 is 0 Å². The summed E-state index contributed by atoms with van der Waals surface area (Å²) < 4.78 is 27.7. The molecular formula is C19H13BrN4O4S. The van der Waals surface area contributed by atoms with Crippen LogP contribution in [-0.2, 0) is 10.0 Å². The van der Waals surface area contributed by atoms with Crippen LogP contribution < -0.4 is 5.32 Å². The van der Waals surface area contributed by atoms with Crippen LogP contribution >= 0.6 is 15.9 Å². The number of halogens is 1. The molecule has 8 nitrogen and oxygen atoms in total. The number of nitrogens with one attached hydrogen (secondary N) is 1. The lowest BCUT2D eigenvalue weighted by molar-refractivity contribution is -0.383. The number of rotatable bonds is 5. The van der Waals surface area contributed by atoms with Crippen LogP contribution in [-0.4, -0.2) is 22.3 Å². The Morgan fingerprint density at radius 3 is 2.52 bits per heavy atom. The molecule has 4 rings (SSSR count). The van der Waals surface area contributed by atoms with Gasteiger partial charge in [-0.25, -0.2) is 17.4 Å². The third kappa shape index (κ3) is 3.47. The summed E-state index contributed by atoms with van der Waals surface area (Å²) in [5.74, 6) is 0. The molecule has 0 saturated heterocycles. The monoisotopic (exact) mass is 472 g/mol. The highest BCUT2D eigenvalue weighted by atomic mass is 79.9. The average Bonchev–Trinajstić information content (AvgIpc) is 3.14. The van der Waals surface area contributed by atoms with E-state index in [1.165, 1.54) is 30.6 Å². The Bertz CT molecular complexity index is 1340. The fraction of sp³-hybridized carbons (Fsp3) is 0. The highest BCUT2D eigenvalue weighted by Crippen LogP contribution is 2.33. The molecule has 0 saturated carbocycles. The second-order valence-electron chi connectivity index (χ2n) is 6.07. The van der Waals surface area contributed by atoms with E-state index in [0.29, 0.717) is 15.5 Å². The van der Waals surface area contributed by atoms with Gasteiger partial charge in [0.2, 0.25) is 0 Å². The lowest BCUT2D eigenvalue weighted by atomic mass is 10.2. The molecule has 0 fully saturated rings. The lowest BCUT2D eigenvalue weighted by Gasteiger charge is -2.10. The minimum absolute atomic E-state index is 0.102. The summed E-state index contributed by atoms with van der Waals surface area (Å²) in [4.78, 5) is 15.2. The summed E-state index contributed by atoms with van der Waals surface area (Å²) in [7, 11) is -3.83. The third-order valence-electron chi connectivity index (χ3n) is 4.28. The smallest absolute Gasteiger partial charge is 0.292 e. The standard InChI is InChI=1S/C19H13BrN4O4S/c20-13-6-7-18(24(25)26)17(12-13)22-16-8-10-21-19-15(16)9-11-23(19)29(27,28)14-4-2-1-3-5-14/h1-12H,(H,21,22). The maximum atomic E-state index is 13.0. The molecule has 4 aromatic rings. The van der Waals surface area contributed by atoms with E-state index in [1.807, 2.05) is 0 Å². The van der Waals surface area contributed by atoms with E-state index in [1.54, 1.807) is 42.5 Å². The molecule has 2 heterocycles. The fourth-order valence-corrected chi connectivity index (χ4v) is 4.62. The van der Waals surface area contributed by atoms with Gasteiger partial charge in [-0.2, -0.15) is 0 Å². The van der Waals surface area contributed by atoms with Gasteiger partial charge in [-0.15, -0.1) is 0 Å². The van der Waals surface area contributed by atoms with Crippen LogP contribution in [0, 0.1) is 10.1 Å². The summed E-state index contributed by atoms with van der Waals surface area (Å²) in [6.07, 6.45) is 2.87. The van der Waals surface area contributed by atoms with E-state index < -0.39 is 14.9 Å². The molecule has 2 aromatic heterocycles. The Kier molecular flexibility index (Phi) is 4.81. The largest absolute Gasteiger partial charge is 0.349 e. The van der Waals surface area contributed by atoms with Crippen LogP contribution in [0.3, 0.4) is 0 Å². The molecule has 0 amide bonds. The van der Waals surface area contributed by atoms with Crippen LogP contribution in [0.25, 0.3) is 11.0 Å². The quantitative estimate of drug-likeness (QED) is 0.333. The second-order valence-corrected chi connectivity index (χ2v) is 8.80. The van der Waals surface area contributed by atoms with Crippen molar-refractivity contribution in [3.05, 3.63) is 87.6 Å². The molecule has 0 aliphatic heterocycles. The molecule has 146 valence electrons. The van der Waals surface area contributed by atoms with Gasteiger partial charge in [-0.3, -0.25) is 10.1 Å². The number of aromatic nitrogens is 2.